The fourth-order valence-corrected chi connectivity index (χ4v) is 3.58. The third-order valence-electron chi connectivity index (χ3n) is 4.92. The number of carbonyl (C=O) groups excluding carboxylic acids is 1. The smallest absolute Gasteiger partial charge is 0.221 e. The monoisotopic (exact) mass is 266 g/mol. The summed E-state index contributed by atoms with van der Waals surface area (Å²) in [5, 5.41) is 6.57. The van der Waals surface area contributed by atoms with Crippen molar-refractivity contribution >= 4 is 5.91 Å². The van der Waals surface area contributed by atoms with E-state index in [0.29, 0.717) is 18.4 Å². The zero-order chi connectivity index (χ0) is 13.5. The SMILES string of the molecule is CC1CCCNC1CC(=O)NCCCC1CCCC1. The zero-order valence-corrected chi connectivity index (χ0v) is 12.4. The molecule has 0 radical (unpaired) electrons. The minimum Gasteiger partial charge on any atom is -0.356 e. The first-order chi connectivity index (χ1) is 9.25. The summed E-state index contributed by atoms with van der Waals surface area (Å²) in [5.74, 6) is 1.81. The molecule has 2 fully saturated rings. The second-order valence-corrected chi connectivity index (χ2v) is 6.53. The van der Waals surface area contributed by atoms with Gasteiger partial charge in [0.05, 0.1) is 0 Å². The first kappa shape index (κ1) is 14.8. The molecule has 2 rings (SSSR count). The van der Waals surface area contributed by atoms with E-state index in [4.69, 9.17) is 0 Å². The Bertz CT molecular complexity index is 274. The first-order valence-corrected chi connectivity index (χ1v) is 8.26. The highest BCUT2D eigenvalue weighted by Crippen LogP contribution is 2.28. The number of nitrogens with one attached hydrogen (secondary N) is 2. The van der Waals surface area contributed by atoms with Crippen LogP contribution in [0.3, 0.4) is 0 Å². The molecule has 1 heterocycles. The molecule has 0 bridgehead atoms. The maximum absolute atomic E-state index is 11.9. The van der Waals surface area contributed by atoms with Gasteiger partial charge in [-0.3, -0.25) is 4.79 Å². The highest BCUT2D eigenvalue weighted by molar-refractivity contribution is 5.76. The lowest BCUT2D eigenvalue weighted by atomic mass is 9.90. The van der Waals surface area contributed by atoms with Crippen molar-refractivity contribution in [1.29, 1.82) is 0 Å². The molecule has 2 unspecified atom stereocenters. The van der Waals surface area contributed by atoms with E-state index in [1.807, 2.05) is 0 Å². The Morgan fingerprint density at radius 2 is 2.00 bits per heavy atom. The van der Waals surface area contributed by atoms with Crippen LogP contribution >= 0.6 is 0 Å². The van der Waals surface area contributed by atoms with Crippen molar-refractivity contribution in [3.8, 4) is 0 Å². The van der Waals surface area contributed by atoms with Crippen molar-refractivity contribution in [2.75, 3.05) is 13.1 Å². The molecule has 0 aromatic heterocycles. The second-order valence-electron chi connectivity index (χ2n) is 6.53. The van der Waals surface area contributed by atoms with Crippen LogP contribution in [0.5, 0.6) is 0 Å². The van der Waals surface area contributed by atoms with Crippen LogP contribution in [-0.4, -0.2) is 25.0 Å². The molecule has 2 aliphatic rings. The lowest BCUT2D eigenvalue weighted by Gasteiger charge is -2.29. The van der Waals surface area contributed by atoms with Gasteiger partial charge in [-0.05, 0) is 44.1 Å². The molecular weight excluding hydrogens is 236 g/mol. The number of piperidine rings is 1. The van der Waals surface area contributed by atoms with Crippen LogP contribution in [0.2, 0.25) is 0 Å². The normalized spacial score (nSPS) is 28.5. The minimum atomic E-state index is 0.234. The summed E-state index contributed by atoms with van der Waals surface area (Å²) in [5.41, 5.74) is 0. The third-order valence-corrected chi connectivity index (χ3v) is 4.92. The van der Waals surface area contributed by atoms with Crippen LogP contribution in [0.1, 0.15) is 64.7 Å². The predicted octanol–water partition coefficient (Wildman–Crippen LogP) is 2.85. The average Bonchev–Trinajstić information content (AvgIpc) is 2.91. The number of rotatable bonds is 6. The minimum absolute atomic E-state index is 0.234. The highest BCUT2D eigenvalue weighted by Gasteiger charge is 2.23. The molecule has 110 valence electrons. The maximum atomic E-state index is 11.9. The molecule has 3 heteroatoms. The van der Waals surface area contributed by atoms with E-state index in [0.717, 1.165) is 25.4 Å². The topological polar surface area (TPSA) is 41.1 Å². The summed E-state index contributed by atoms with van der Waals surface area (Å²) in [6.07, 6.45) is 11.3. The van der Waals surface area contributed by atoms with Gasteiger partial charge in [-0.15, -0.1) is 0 Å². The molecule has 19 heavy (non-hydrogen) atoms. The molecule has 0 spiro atoms. The van der Waals surface area contributed by atoms with Crippen molar-refractivity contribution in [2.24, 2.45) is 11.8 Å². The molecular formula is C16H30N2O. The zero-order valence-electron chi connectivity index (χ0n) is 12.4. The Morgan fingerprint density at radius 1 is 1.21 bits per heavy atom. The van der Waals surface area contributed by atoms with Gasteiger partial charge in [-0.1, -0.05) is 32.6 Å². The van der Waals surface area contributed by atoms with Gasteiger partial charge in [0.25, 0.3) is 0 Å². The Hall–Kier alpha value is -0.570. The third kappa shape index (κ3) is 5.13. The largest absolute Gasteiger partial charge is 0.356 e. The molecule has 2 N–H and O–H groups in total. The molecule has 1 saturated carbocycles. The van der Waals surface area contributed by atoms with Gasteiger partial charge in [0.1, 0.15) is 0 Å². The molecule has 2 atom stereocenters. The summed E-state index contributed by atoms with van der Waals surface area (Å²) in [4.78, 5) is 11.9. The summed E-state index contributed by atoms with van der Waals surface area (Å²) >= 11 is 0. The molecule has 1 aliphatic carbocycles. The van der Waals surface area contributed by atoms with Gasteiger partial charge >= 0.3 is 0 Å². The van der Waals surface area contributed by atoms with E-state index in [9.17, 15) is 4.79 Å². The number of hydrogen-bond acceptors (Lipinski definition) is 2. The summed E-state index contributed by atoms with van der Waals surface area (Å²) in [6, 6.07) is 0.392. The number of amides is 1. The van der Waals surface area contributed by atoms with Crippen LogP contribution in [0.4, 0.5) is 0 Å². The Labute approximate surface area is 117 Å². The van der Waals surface area contributed by atoms with Crippen LogP contribution in [0, 0.1) is 11.8 Å². The lowest BCUT2D eigenvalue weighted by Crippen LogP contribution is -2.43. The van der Waals surface area contributed by atoms with Gasteiger partial charge in [0, 0.05) is 19.0 Å². The summed E-state index contributed by atoms with van der Waals surface area (Å²) in [7, 11) is 0. The molecule has 3 nitrogen and oxygen atoms in total. The van der Waals surface area contributed by atoms with E-state index in [1.165, 1.54) is 44.9 Å². The molecule has 0 aromatic carbocycles. The quantitative estimate of drug-likeness (QED) is 0.726. The highest BCUT2D eigenvalue weighted by atomic mass is 16.1. The molecule has 1 aliphatic heterocycles. The fourth-order valence-electron chi connectivity index (χ4n) is 3.58. The lowest BCUT2D eigenvalue weighted by molar-refractivity contribution is -0.122. The first-order valence-electron chi connectivity index (χ1n) is 8.26. The molecule has 1 saturated heterocycles. The van der Waals surface area contributed by atoms with Crippen LogP contribution in [-0.2, 0) is 4.79 Å². The van der Waals surface area contributed by atoms with Crippen LogP contribution < -0.4 is 10.6 Å². The Morgan fingerprint density at radius 3 is 2.74 bits per heavy atom. The van der Waals surface area contributed by atoms with Crippen molar-refractivity contribution < 1.29 is 4.79 Å². The summed E-state index contributed by atoms with van der Waals surface area (Å²) in [6.45, 7) is 4.20. The van der Waals surface area contributed by atoms with Crippen LogP contribution in [0.15, 0.2) is 0 Å². The van der Waals surface area contributed by atoms with Gasteiger partial charge < -0.3 is 10.6 Å². The Balaban J connectivity index is 1.53. The summed E-state index contributed by atoms with van der Waals surface area (Å²) < 4.78 is 0. The standard InChI is InChI=1S/C16H30N2O/c1-13-6-4-10-17-15(13)12-16(19)18-11-5-9-14-7-2-3-8-14/h13-15,17H,2-12H2,1H3,(H,18,19). The van der Waals surface area contributed by atoms with Crippen molar-refractivity contribution in [3.05, 3.63) is 0 Å². The van der Waals surface area contributed by atoms with E-state index in [1.54, 1.807) is 0 Å². The van der Waals surface area contributed by atoms with Gasteiger partial charge in [-0.2, -0.15) is 0 Å². The molecule has 0 aromatic rings. The van der Waals surface area contributed by atoms with E-state index >= 15 is 0 Å². The van der Waals surface area contributed by atoms with Crippen molar-refractivity contribution in [2.45, 2.75) is 70.8 Å². The van der Waals surface area contributed by atoms with Gasteiger partial charge in [-0.25, -0.2) is 0 Å². The van der Waals surface area contributed by atoms with Gasteiger partial charge in [0.2, 0.25) is 5.91 Å². The fraction of sp³-hybridized carbons (Fsp3) is 0.938. The number of carbonyl (C=O) groups is 1. The van der Waals surface area contributed by atoms with E-state index in [2.05, 4.69) is 17.6 Å². The number of hydrogen-bond donors (Lipinski definition) is 2. The average molecular weight is 266 g/mol. The van der Waals surface area contributed by atoms with E-state index < -0.39 is 0 Å². The van der Waals surface area contributed by atoms with Crippen LogP contribution in [0.25, 0.3) is 0 Å². The Kier molecular flexibility index (Phi) is 6.15. The van der Waals surface area contributed by atoms with Crippen molar-refractivity contribution in [3.63, 3.8) is 0 Å². The second kappa shape index (κ2) is 7.88. The van der Waals surface area contributed by atoms with Crippen molar-refractivity contribution in [1.82, 2.24) is 10.6 Å². The predicted molar refractivity (Wildman–Crippen MR) is 79.0 cm³/mol. The van der Waals surface area contributed by atoms with Gasteiger partial charge in [0.15, 0.2) is 0 Å². The van der Waals surface area contributed by atoms with E-state index in [-0.39, 0.29) is 5.91 Å². The maximum Gasteiger partial charge on any atom is 0.221 e. The molecule has 1 amide bonds.